The summed E-state index contributed by atoms with van der Waals surface area (Å²) in [6, 6.07) is 14.8. The second-order valence-corrected chi connectivity index (χ2v) is 6.18. The van der Waals surface area contributed by atoms with Crippen LogP contribution in [0.25, 0.3) is 11.3 Å². The second-order valence-electron chi connectivity index (χ2n) is 6.18. The van der Waals surface area contributed by atoms with Crippen LogP contribution in [-0.4, -0.2) is 22.1 Å². The molecule has 23 heavy (non-hydrogen) atoms. The fourth-order valence-corrected chi connectivity index (χ4v) is 3.18. The van der Waals surface area contributed by atoms with Gasteiger partial charge in [0.25, 0.3) is 0 Å². The number of benzene rings is 1. The Labute approximate surface area is 136 Å². The molecule has 0 bridgehead atoms. The fourth-order valence-electron chi connectivity index (χ4n) is 3.18. The Kier molecular flexibility index (Phi) is 5.03. The molecule has 120 valence electrons. The summed E-state index contributed by atoms with van der Waals surface area (Å²) >= 11 is 0. The van der Waals surface area contributed by atoms with Crippen molar-refractivity contribution in [1.29, 1.82) is 0 Å². The van der Waals surface area contributed by atoms with Crippen molar-refractivity contribution in [3.63, 3.8) is 0 Å². The van der Waals surface area contributed by atoms with E-state index in [4.69, 9.17) is 5.11 Å². The molecular formula is C19H22N2O2. The van der Waals surface area contributed by atoms with Crippen molar-refractivity contribution in [2.24, 2.45) is 5.92 Å². The summed E-state index contributed by atoms with van der Waals surface area (Å²) in [5.74, 6) is -0.799. The summed E-state index contributed by atoms with van der Waals surface area (Å²) in [6.45, 7) is 0.809. The third-order valence-electron chi connectivity index (χ3n) is 4.56. The Morgan fingerprint density at radius 3 is 2.65 bits per heavy atom. The first-order chi connectivity index (χ1) is 11.2. The molecule has 0 radical (unpaired) electrons. The van der Waals surface area contributed by atoms with Gasteiger partial charge in [0, 0.05) is 24.3 Å². The van der Waals surface area contributed by atoms with E-state index in [0.29, 0.717) is 6.04 Å². The maximum absolute atomic E-state index is 11.0. The van der Waals surface area contributed by atoms with Crippen LogP contribution in [0.2, 0.25) is 0 Å². The van der Waals surface area contributed by atoms with E-state index in [0.717, 1.165) is 43.5 Å². The van der Waals surface area contributed by atoms with E-state index in [1.165, 1.54) is 5.56 Å². The average Bonchev–Trinajstić information content (AvgIpc) is 2.61. The number of hydrogen-bond donors (Lipinski definition) is 2. The van der Waals surface area contributed by atoms with E-state index < -0.39 is 5.97 Å². The van der Waals surface area contributed by atoms with Crippen LogP contribution >= 0.6 is 0 Å². The molecule has 1 fully saturated rings. The van der Waals surface area contributed by atoms with Gasteiger partial charge < -0.3 is 10.4 Å². The molecule has 1 aliphatic carbocycles. The van der Waals surface area contributed by atoms with Gasteiger partial charge >= 0.3 is 5.97 Å². The van der Waals surface area contributed by atoms with E-state index in [-0.39, 0.29) is 5.92 Å². The summed E-state index contributed by atoms with van der Waals surface area (Å²) in [4.78, 5) is 15.4. The zero-order chi connectivity index (χ0) is 16.1. The van der Waals surface area contributed by atoms with E-state index >= 15 is 0 Å². The number of nitrogens with zero attached hydrogens (tertiary/aromatic N) is 1. The van der Waals surface area contributed by atoms with Gasteiger partial charge in [-0.05, 0) is 49.4 Å². The number of carboxylic acid groups (broad SMARTS) is 1. The highest BCUT2D eigenvalue weighted by atomic mass is 16.4. The van der Waals surface area contributed by atoms with Crippen molar-refractivity contribution in [2.75, 3.05) is 0 Å². The number of aliphatic carboxylic acids is 1. The molecule has 3 rings (SSSR count). The molecule has 0 aliphatic heterocycles. The highest BCUT2D eigenvalue weighted by Crippen LogP contribution is 2.25. The van der Waals surface area contributed by atoms with Crippen molar-refractivity contribution in [3.8, 4) is 11.3 Å². The Morgan fingerprint density at radius 1 is 1.13 bits per heavy atom. The van der Waals surface area contributed by atoms with Crippen LogP contribution in [0.1, 0.15) is 31.2 Å². The lowest BCUT2D eigenvalue weighted by Crippen LogP contribution is -2.34. The molecule has 1 aromatic carbocycles. The number of rotatable bonds is 5. The van der Waals surface area contributed by atoms with Crippen LogP contribution in [0, 0.1) is 5.92 Å². The van der Waals surface area contributed by atoms with Gasteiger partial charge in [-0.2, -0.15) is 0 Å². The molecule has 2 N–H and O–H groups in total. The predicted molar refractivity (Wildman–Crippen MR) is 89.9 cm³/mol. The van der Waals surface area contributed by atoms with Gasteiger partial charge in [0.1, 0.15) is 0 Å². The zero-order valence-corrected chi connectivity index (χ0v) is 13.1. The maximum atomic E-state index is 11.0. The predicted octanol–water partition coefficient (Wildman–Crippen LogP) is 3.48. The quantitative estimate of drug-likeness (QED) is 0.887. The van der Waals surface area contributed by atoms with Gasteiger partial charge in [0.05, 0.1) is 11.6 Å². The lowest BCUT2D eigenvalue weighted by molar-refractivity contribution is -0.142. The summed E-state index contributed by atoms with van der Waals surface area (Å²) in [7, 11) is 0. The molecule has 0 unspecified atom stereocenters. The first-order valence-corrected chi connectivity index (χ1v) is 8.19. The number of carbonyl (C=O) groups is 1. The minimum Gasteiger partial charge on any atom is -0.481 e. The Balaban J connectivity index is 1.56. The number of pyridine rings is 1. The van der Waals surface area contributed by atoms with Crippen LogP contribution in [0.3, 0.4) is 0 Å². The Hall–Kier alpha value is -2.20. The van der Waals surface area contributed by atoms with Gasteiger partial charge in [-0.1, -0.05) is 24.3 Å². The number of carboxylic acids is 1. The van der Waals surface area contributed by atoms with Crippen LogP contribution in [0.4, 0.5) is 0 Å². The molecule has 1 saturated carbocycles. The van der Waals surface area contributed by atoms with Crippen molar-refractivity contribution in [1.82, 2.24) is 10.3 Å². The molecule has 2 aromatic rings. The van der Waals surface area contributed by atoms with Crippen LogP contribution < -0.4 is 5.32 Å². The third kappa shape index (κ3) is 4.17. The number of nitrogens with one attached hydrogen (secondary N) is 1. The highest BCUT2D eigenvalue weighted by Gasteiger charge is 2.25. The molecule has 0 amide bonds. The van der Waals surface area contributed by atoms with Gasteiger partial charge in [-0.3, -0.25) is 9.78 Å². The molecule has 0 atom stereocenters. The lowest BCUT2D eigenvalue weighted by Gasteiger charge is -2.27. The fraction of sp³-hybridized carbons (Fsp3) is 0.368. The molecular weight excluding hydrogens is 288 g/mol. The summed E-state index contributed by atoms with van der Waals surface area (Å²) in [5, 5.41) is 12.6. The monoisotopic (exact) mass is 310 g/mol. The first-order valence-electron chi connectivity index (χ1n) is 8.19. The number of hydrogen-bond acceptors (Lipinski definition) is 3. The molecule has 1 aliphatic rings. The smallest absolute Gasteiger partial charge is 0.306 e. The van der Waals surface area contributed by atoms with Gasteiger partial charge in [0.2, 0.25) is 0 Å². The minimum atomic E-state index is -0.647. The van der Waals surface area contributed by atoms with Crippen molar-refractivity contribution < 1.29 is 9.90 Å². The molecule has 4 heteroatoms. The van der Waals surface area contributed by atoms with Crippen molar-refractivity contribution >= 4 is 5.97 Å². The Bertz CT molecular complexity index is 649. The molecule has 1 aromatic heterocycles. The topological polar surface area (TPSA) is 62.2 Å². The normalized spacial score (nSPS) is 21.0. The summed E-state index contributed by atoms with van der Waals surface area (Å²) in [5.41, 5.74) is 3.34. The number of aromatic nitrogens is 1. The lowest BCUT2D eigenvalue weighted by atomic mass is 9.86. The summed E-state index contributed by atoms with van der Waals surface area (Å²) < 4.78 is 0. The van der Waals surface area contributed by atoms with Gasteiger partial charge in [-0.25, -0.2) is 0 Å². The summed E-state index contributed by atoms with van der Waals surface area (Å²) in [6.07, 6.45) is 5.25. The first kappa shape index (κ1) is 15.7. The third-order valence-corrected chi connectivity index (χ3v) is 4.56. The second kappa shape index (κ2) is 7.38. The van der Waals surface area contributed by atoms with E-state index in [1.807, 2.05) is 18.2 Å². The van der Waals surface area contributed by atoms with Crippen LogP contribution in [-0.2, 0) is 11.3 Å². The molecule has 1 heterocycles. The molecule has 0 spiro atoms. The van der Waals surface area contributed by atoms with Crippen molar-refractivity contribution in [2.45, 2.75) is 38.3 Å². The average molecular weight is 310 g/mol. The van der Waals surface area contributed by atoms with Crippen molar-refractivity contribution in [3.05, 3.63) is 54.2 Å². The van der Waals surface area contributed by atoms with Crippen LogP contribution in [0.5, 0.6) is 0 Å². The zero-order valence-electron chi connectivity index (χ0n) is 13.1. The van der Waals surface area contributed by atoms with E-state index in [2.05, 4.69) is 34.6 Å². The van der Waals surface area contributed by atoms with E-state index in [9.17, 15) is 4.79 Å². The molecule has 0 saturated heterocycles. The standard InChI is InChI=1S/C19H22N2O2/c22-19(23)15-7-9-17(10-8-15)21-13-14-4-3-5-16(12-14)18-6-1-2-11-20-18/h1-6,11-12,15,17,21H,7-10,13H2,(H,22,23). The largest absolute Gasteiger partial charge is 0.481 e. The maximum Gasteiger partial charge on any atom is 0.306 e. The van der Waals surface area contributed by atoms with Gasteiger partial charge in [-0.15, -0.1) is 0 Å². The van der Waals surface area contributed by atoms with Crippen LogP contribution in [0.15, 0.2) is 48.7 Å². The SMILES string of the molecule is O=C(O)C1CCC(NCc2cccc(-c3ccccn3)c2)CC1. The highest BCUT2D eigenvalue weighted by molar-refractivity contribution is 5.70. The molecule has 4 nitrogen and oxygen atoms in total. The Morgan fingerprint density at radius 2 is 1.96 bits per heavy atom. The van der Waals surface area contributed by atoms with E-state index in [1.54, 1.807) is 6.20 Å². The minimum absolute atomic E-state index is 0.152. The van der Waals surface area contributed by atoms with Gasteiger partial charge in [0.15, 0.2) is 0 Å².